The number of hydrazine groups is 1. The van der Waals surface area contributed by atoms with E-state index in [4.69, 9.17) is 28.9 Å². The van der Waals surface area contributed by atoms with Gasteiger partial charge in [0.05, 0.1) is 16.8 Å². The fourth-order valence-corrected chi connectivity index (χ4v) is 4.61. The van der Waals surface area contributed by atoms with Crippen LogP contribution in [0.25, 0.3) is 0 Å². The molecule has 0 amide bonds. The van der Waals surface area contributed by atoms with Gasteiger partial charge in [0.2, 0.25) is 0 Å². The Morgan fingerprint density at radius 2 is 1.79 bits per heavy atom. The Hall–Kier alpha value is -2.15. The summed E-state index contributed by atoms with van der Waals surface area (Å²) in [5.41, 5.74) is 6.14. The van der Waals surface area contributed by atoms with E-state index in [0.717, 1.165) is 30.1 Å². The first-order valence-electron chi connectivity index (χ1n) is 10.0. The fraction of sp³-hybridized carbons (Fsp3) is 0.364. The topological polar surface area (TPSA) is 51.1 Å². The number of hydrazone groups is 1. The molecule has 0 bridgehead atoms. The molecule has 0 spiro atoms. The lowest BCUT2D eigenvalue weighted by Crippen LogP contribution is -2.47. The molecule has 5 nitrogen and oxygen atoms in total. The number of thiocarbonyl (C=S) groups is 1. The Labute approximate surface area is 181 Å². The summed E-state index contributed by atoms with van der Waals surface area (Å²) in [5.74, 6) is 0.299. The second-order valence-corrected chi connectivity index (χ2v) is 8.41. The molecule has 0 radical (unpaired) electrons. The van der Waals surface area contributed by atoms with E-state index in [0.29, 0.717) is 10.0 Å². The zero-order valence-corrected chi connectivity index (χ0v) is 18.0. The number of nitrogens with zero attached hydrogens (tertiary/aromatic N) is 3. The highest BCUT2D eigenvalue weighted by Gasteiger charge is 2.39. The Balaban J connectivity index is 1.66. The van der Waals surface area contributed by atoms with Crippen molar-refractivity contribution in [3.05, 3.63) is 59.1 Å². The van der Waals surface area contributed by atoms with Gasteiger partial charge in [0.25, 0.3) is 0 Å². The molecule has 0 aliphatic carbocycles. The number of rotatable bonds is 4. The smallest absolute Gasteiger partial charge is 0.137 e. The number of anilines is 1. The van der Waals surface area contributed by atoms with Crippen LogP contribution in [0.3, 0.4) is 0 Å². The van der Waals surface area contributed by atoms with Crippen molar-refractivity contribution >= 4 is 40.2 Å². The third-order valence-electron chi connectivity index (χ3n) is 5.57. The van der Waals surface area contributed by atoms with E-state index < -0.39 is 0 Å². The Morgan fingerprint density at radius 1 is 1.10 bits per heavy atom. The molecule has 2 aliphatic heterocycles. The minimum absolute atomic E-state index is 0.0561. The van der Waals surface area contributed by atoms with Crippen LogP contribution in [-0.4, -0.2) is 33.9 Å². The molecule has 0 aromatic heterocycles. The number of halogens is 1. The van der Waals surface area contributed by atoms with Gasteiger partial charge in [-0.2, -0.15) is 5.10 Å². The molecule has 2 heterocycles. The van der Waals surface area contributed by atoms with E-state index in [9.17, 15) is 5.11 Å². The van der Waals surface area contributed by atoms with E-state index in [-0.39, 0.29) is 17.7 Å². The predicted octanol–water partition coefficient (Wildman–Crippen LogP) is 4.92. The lowest BCUT2D eigenvalue weighted by molar-refractivity contribution is 0.197. The van der Waals surface area contributed by atoms with Gasteiger partial charge in [-0.25, -0.2) is 5.01 Å². The number of phenolic OH excluding ortho intramolecular Hbond substituents is 1. The quantitative estimate of drug-likeness (QED) is 0.677. The van der Waals surface area contributed by atoms with E-state index in [1.54, 1.807) is 12.1 Å². The van der Waals surface area contributed by atoms with Gasteiger partial charge in [-0.1, -0.05) is 61.4 Å². The predicted molar refractivity (Wildman–Crippen MR) is 123 cm³/mol. The number of phenols is 1. The summed E-state index contributed by atoms with van der Waals surface area (Å²) in [4.78, 5) is 0.665. The van der Waals surface area contributed by atoms with E-state index in [1.165, 1.54) is 19.3 Å². The largest absolute Gasteiger partial charge is 0.508 e. The van der Waals surface area contributed by atoms with E-state index in [2.05, 4.69) is 17.4 Å². The third-order valence-corrected chi connectivity index (χ3v) is 6.19. The normalized spacial score (nSPS) is 22.4. The van der Waals surface area contributed by atoms with Gasteiger partial charge >= 0.3 is 0 Å². The lowest BCUT2D eigenvalue weighted by atomic mass is 9.91. The van der Waals surface area contributed by atoms with Gasteiger partial charge < -0.3 is 10.5 Å². The molecule has 29 heavy (non-hydrogen) atoms. The van der Waals surface area contributed by atoms with Crippen LogP contribution < -0.4 is 10.4 Å². The van der Waals surface area contributed by atoms with Crippen LogP contribution in [0.4, 0.5) is 5.69 Å². The number of piperidine rings is 1. The molecule has 1 saturated heterocycles. The molecule has 1 fully saturated rings. The molecule has 2 atom stereocenters. The summed E-state index contributed by atoms with van der Waals surface area (Å²) in [6.45, 7) is 4.13. The number of hydrogen-bond donors (Lipinski definition) is 2. The SMILES string of the molecule is C[C@@H]1C(C(=S)NN2CCCCC2)=NN(c2ccccc2Cl)[C@@H]1c1ccc(O)cc1. The minimum atomic E-state index is -0.0633. The first-order valence-corrected chi connectivity index (χ1v) is 10.8. The van der Waals surface area contributed by atoms with Crippen molar-refractivity contribution < 1.29 is 5.11 Å². The second-order valence-electron chi connectivity index (χ2n) is 7.59. The minimum Gasteiger partial charge on any atom is -0.508 e. The summed E-state index contributed by atoms with van der Waals surface area (Å²) in [5, 5.41) is 19.4. The molecule has 2 aromatic carbocycles. The fourth-order valence-electron chi connectivity index (χ4n) is 4.03. The Kier molecular flexibility index (Phi) is 6.04. The number of nitrogens with one attached hydrogen (secondary N) is 1. The highest BCUT2D eigenvalue weighted by Crippen LogP contribution is 2.42. The van der Waals surface area contributed by atoms with Crippen molar-refractivity contribution in [2.45, 2.75) is 32.2 Å². The summed E-state index contributed by atoms with van der Waals surface area (Å²) in [6.07, 6.45) is 3.63. The van der Waals surface area contributed by atoms with Crippen LogP contribution in [0.15, 0.2) is 53.6 Å². The average Bonchev–Trinajstić information content (AvgIpc) is 3.07. The maximum Gasteiger partial charge on any atom is 0.137 e. The Bertz CT molecular complexity index is 911. The molecule has 0 saturated carbocycles. The van der Waals surface area contributed by atoms with Crippen LogP contribution >= 0.6 is 23.8 Å². The summed E-state index contributed by atoms with van der Waals surface area (Å²) in [7, 11) is 0. The van der Waals surface area contributed by atoms with Gasteiger partial charge in [0.1, 0.15) is 16.4 Å². The first-order chi connectivity index (χ1) is 14.0. The molecule has 2 N–H and O–H groups in total. The van der Waals surface area contributed by atoms with Crippen molar-refractivity contribution in [2.75, 3.05) is 18.1 Å². The number of benzene rings is 2. The molecular weight excluding hydrogens is 404 g/mol. The molecule has 4 rings (SSSR count). The maximum atomic E-state index is 9.72. The van der Waals surface area contributed by atoms with Gasteiger partial charge in [0.15, 0.2) is 0 Å². The number of hydrogen-bond acceptors (Lipinski definition) is 5. The van der Waals surface area contributed by atoms with Gasteiger partial charge in [0, 0.05) is 19.0 Å². The Morgan fingerprint density at radius 3 is 2.48 bits per heavy atom. The van der Waals surface area contributed by atoms with E-state index in [1.807, 2.05) is 41.4 Å². The zero-order chi connectivity index (χ0) is 20.4. The van der Waals surface area contributed by atoms with Crippen molar-refractivity contribution in [3.63, 3.8) is 0 Å². The maximum absolute atomic E-state index is 9.72. The second kappa shape index (κ2) is 8.69. The van der Waals surface area contributed by atoms with Crippen LogP contribution in [0, 0.1) is 5.92 Å². The lowest BCUT2D eigenvalue weighted by Gasteiger charge is -2.29. The first kappa shape index (κ1) is 20.1. The monoisotopic (exact) mass is 428 g/mol. The van der Waals surface area contributed by atoms with Crippen molar-refractivity contribution in [2.24, 2.45) is 11.0 Å². The summed E-state index contributed by atoms with van der Waals surface area (Å²) in [6, 6.07) is 14.9. The van der Waals surface area contributed by atoms with Crippen molar-refractivity contribution in [3.8, 4) is 5.75 Å². The zero-order valence-electron chi connectivity index (χ0n) is 16.4. The molecule has 152 valence electrons. The van der Waals surface area contributed by atoms with Gasteiger partial charge in [-0.15, -0.1) is 0 Å². The highest BCUT2D eigenvalue weighted by molar-refractivity contribution is 7.82. The van der Waals surface area contributed by atoms with Crippen LogP contribution in [0.5, 0.6) is 5.75 Å². The van der Waals surface area contributed by atoms with Crippen molar-refractivity contribution in [1.29, 1.82) is 0 Å². The number of para-hydroxylation sites is 1. The van der Waals surface area contributed by atoms with Crippen LogP contribution in [0.1, 0.15) is 37.8 Å². The number of aromatic hydroxyl groups is 1. The van der Waals surface area contributed by atoms with Crippen LogP contribution in [0.2, 0.25) is 5.02 Å². The average molecular weight is 429 g/mol. The molecule has 2 aromatic rings. The molecule has 2 aliphatic rings. The summed E-state index contributed by atoms with van der Waals surface area (Å²) < 4.78 is 0. The van der Waals surface area contributed by atoms with Gasteiger partial charge in [-0.05, 0) is 42.7 Å². The third kappa shape index (κ3) is 4.25. The standard InChI is InChI=1S/C22H25ClN4OS/c1-15-20(22(29)25-26-13-5-2-6-14-26)24-27(19-8-4-3-7-18(19)23)21(15)16-9-11-17(28)12-10-16/h3-4,7-12,15,21,28H,2,5-6,13-14H2,1H3,(H,25,29)/t15-,21+/m1/s1. The van der Waals surface area contributed by atoms with E-state index >= 15 is 0 Å². The molecule has 0 unspecified atom stereocenters. The summed E-state index contributed by atoms with van der Waals surface area (Å²) >= 11 is 12.3. The van der Waals surface area contributed by atoms with Gasteiger partial charge in [-0.3, -0.25) is 5.01 Å². The van der Waals surface area contributed by atoms with Crippen molar-refractivity contribution in [1.82, 2.24) is 10.4 Å². The molecular formula is C22H25ClN4OS. The highest BCUT2D eigenvalue weighted by atomic mass is 35.5. The molecule has 7 heteroatoms. The van der Waals surface area contributed by atoms with Crippen LogP contribution in [-0.2, 0) is 0 Å².